The van der Waals surface area contributed by atoms with Crippen LogP contribution in [0.1, 0.15) is 25.2 Å². The summed E-state index contributed by atoms with van der Waals surface area (Å²) in [6, 6.07) is 15.7. The molecule has 1 aromatic heterocycles. The van der Waals surface area contributed by atoms with Crippen molar-refractivity contribution in [2.45, 2.75) is 32.2 Å². The maximum absolute atomic E-state index is 12.5. The lowest BCUT2D eigenvalue weighted by Crippen LogP contribution is -2.36. The van der Waals surface area contributed by atoms with Gasteiger partial charge < -0.3 is 10.1 Å². The van der Waals surface area contributed by atoms with Crippen LogP contribution in [-0.4, -0.2) is 37.5 Å². The van der Waals surface area contributed by atoms with Crippen molar-refractivity contribution in [3.8, 4) is 0 Å². The summed E-state index contributed by atoms with van der Waals surface area (Å²) in [6.07, 6.45) is 0. The largest absolute Gasteiger partial charge is 0.467 e. The van der Waals surface area contributed by atoms with Gasteiger partial charge in [-0.15, -0.1) is 0 Å². The van der Waals surface area contributed by atoms with E-state index in [1.165, 1.54) is 7.11 Å². The molecule has 31 heavy (non-hydrogen) atoms. The van der Waals surface area contributed by atoms with Crippen LogP contribution >= 0.6 is 0 Å². The molecule has 2 N–H and O–H groups in total. The van der Waals surface area contributed by atoms with E-state index in [9.17, 15) is 13.2 Å². The molecule has 0 bridgehead atoms. The zero-order chi connectivity index (χ0) is 22.4. The first kappa shape index (κ1) is 22.6. The molecule has 164 valence electrons. The van der Waals surface area contributed by atoms with Gasteiger partial charge in [0.05, 0.1) is 24.9 Å². The summed E-state index contributed by atoms with van der Waals surface area (Å²) in [5.74, 6) is 0.165. The fourth-order valence-electron chi connectivity index (χ4n) is 3.10. The number of sulfonamides is 1. The number of fused-ring (bicyclic) bond motifs is 1. The maximum Gasteiger partial charge on any atom is 0.328 e. The van der Waals surface area contributed by atoms with Crippen molar-refractivity contribution in [3.63, 3.8) is 0 Å². The summed E-state index contributed by atoms with van der Waals surface area (Å²) in [5.41, 5.74) is 1.33. The van der Waals surface area contributed by atoms with Crippen LogP contribution in [0.25, 0.3) is 10.9 Å². The van der Waals surface area contributed by atoms with Gasteiger partial charge >= 0.3 is 5.97 Å². The number of hydrogen-bond donors (Lipinski definition) is 2. The van der Waals surface area contributed by atoms with Crippen molar-refractivity contribution < 1.29 is 17.9 Å². The van der Waals surface area contributed by atoms with Crippen LogP contribution in [0.4, 0.5) is 5.82 Å². The van der Waals surface area contributed by atoms with E-state index >= 15 is 0 Å². The standard InChI is InChI=1S/C22H26N4O4S/c1-15(2)20(22(27)30-3)26-21-17-11-7-8-12-18(17)24-19(25-21)13-23-31(28,29)14-16-9-5-4-6-10-16/h4-12,15,20,23H,13-14H2,1-3H3,(H,24,25,26)/t20-/m0/s1. The van der Waals surface area contributed by atoms with Crippen LogP contribution in [0.2, 0.25) is 0 Å². The lowest BCUT2D eigenvalue weighted by Gasteiger charge is -2.21. The normalized spacial score (nSPS) is 12.6. The summed E-state index contributed by atoms with van der Waals surface area (Å²) < 4.78 is 32.4. The first-order chi connectivity index (χ1) is 14.8. The van der Waals surface area contributed by atoms with Gasteiger partial charge in [-0.1, -0.05) is 56.3 Å². The van der Waals surface area contributed by atoms with Crippen molar-refractivity contribution in [2.24, 2.45) is 5.92 Å². The van der Waals surface area contributed by atoms with Crippen molar-refractivity contribution in [1.29, 1.82) is 0 Å². The fraction of sp³-hybridized carbons (Fsp3) is 0.318. The van der Waals surface area contributed by atoms with E-state index in [0.717, 1.165) is 5.39 Å². The Kier molecular flexibility index (Phi) is 7.19. The van der Waals surface area contributed by atoms with Gasteiger partial charge in [-0.25, -0.2) is 27.9 Å². The number of carbonyl (C=O) groups is 1. The topological polar surface area (TPSA) is 110 Å². The van der Waals surface area contributed by atoms with Crippen LogP contribution in [0.3, 0.4) is 0 Å². The van der Waals surface area contributed by atoms with E-state index in [1.807, 2.05) is 44.2 Å². The minimum absolute atomic E-state index is 0.0472. The van der Waals surface area contributed by atoms with Crippen LogP contribution < -0.4 is 10.0 Å². The van der Waals surface area contributed by atoms with Crippen molar-refractivity contribution in [3.05, 3.63) is 66.0 Å². The van der Waals surface area contributed by atoms with Crippen LogP contribution in [0.15, 0.2) is 54.6 Å². The molecule has 0 fully saturated rings. The summed E-state index contributed by atoms with van der Waals surface area (Å²) in [5, 5.41) is 3.88. The average Bonchev–Trinajstić information content (AvgIpc) is 2.75. The summed E-state index contributed by atoms with van der Waals surface area (Å²) in [4.78, 5) is 21.2. The Balaban J connectivity index is 1.85. The van der Waals surface area contributed by atoms with Crippen molar-refractivity contribution >= 4 is 32.7 Å². The lowest BCUT2D eigenvalue weighted by atomic mass is 10.0. The van der Waals surface area contributed by atoms with Crippen molar-refractivity contribution in [2.75, 3.05) is 12.4 Å². The van der Waals surface area contributed by atoms with Gasteiger partial charge in [-0.05, 0) is 23.6 Å². The van der Waals surface area contributed by atoms with E-state index in [2.05, 4.69) is 20.0 Å². The second-order valence-electron chi connectivity index (χ2n) is 7.46. The first-order valence-corrected chi connectivity index (χ1v) is 11.6. The summed E-state index contributed by atoms with van der Waals surface area (Å²) in [7, 11) is -2.24. The van der Waals surface area contributed by atoms with E-state index in [-0.39, 0.29) is 18.2 Å². The zero-order valence-electron chi connectivity index (χ0n) is 17.7. The zero-order valence-corrected chi connectivity index (χ0v) is 18.5. The molecule has 3 rings (SSSR count). The van der Waals surface area contributed by atoms with Crippen molar-refractivity contribution in [1.82, 2.24) is 14.7 Å². The Morgan fingerprint density at radius 1 is 1.03 bits per heavy atom. The number of nitrogens with zero attached hydrogens (tertiary/aromatic N) is 2. The number of nitrogens with one attached hydrogen (secondary N) is 2. The molecule has 1 atom stereocenters. The molecule has 2 aromatic carbocycles. The highest BCUT2D eigenvalue weighted by molar-refractivity contribution is 7.88. The van der Waals surface area contributed by atoms with Gasteiger partial charge in [0.1, 0.15) is 17.7 Å². The highest BCUT2D eigenvalue weighted by Crippen LogP contribution is 2.22. The number of carbonyl (C=O) groups excluding carboxylic acids is 1. The quantitative estimate of drug-likeness (QED) is 0.490. The number of methoxy groups -OCH3 is 1. The second kappa shape index (κ2) is 9.84. The molecule has 0 saturated carbocycles. The molecule has 3 aromatic rings. The van der Waals surface area contributed by atoms with Gasteiger partial charge in [0.2, 0.25) is 10.0 Å². The van der Waals surface area contributed by atoms with Crippen LogP contribution in [0, 0.1) is 5.92 Å². The highest BCUT2D eigenvalue weighted by atomic mass is 32.2. The Hall–Kier alpha value is -3.04. The predicted molar refractivity (Wildman–Crippen MR) is 120 cm³/mol. The molecule has 0 amide bonds. The lowest BCUT2D eigenvalue weighted by molar-refractivity contribution is -0.142. The molecule has 0 radical (unpaired) electrons. The molecule has 0 spiro atoms. The molecule has 0 unspecified atom stereocenters. The number of benzene rings is 2. The maximum atomic E-state index is 12.5. The molecule has 0 aliphatic rings. The third kappa shape index (κ3) is 5.99. The number of para-hydroxylation sites is 1. The summed E-state index contributed by atoms with van der Waals surface area (Å²) >= 11 is 0. The van der Waals surface area contributed by atoms with E-state index in [0.29, 0.717) is 22.7 Å². The SMILES string of the molecule is COC(=O)[C@@H](Nc1nc(CNS(=O)(=O)Cc2ccccc2)nc2ccccc12)C(C)C. The Morgan fingerprint density at radius 2 is 1.71 bits per heavy atom. The first-order valence-electron chi connectivity index (χ1n) is 9.90. The molecular formula is C22H26N4O4S. The molecule has 1 heterocycles. The van der Waals surface area contributed by atoms with Crippen LogP contribution in [-0.2, 0) is 31.9 Å². The second-order valence-corrected chi connectivity index (χ2v) is 9.27. The Bertz CT molecular complexity index is 1150. The number of ether oxygens (including phenoxy) is 1. The molecule has 0 saturated heterocycles. The third-order valence-corrected chi connectivity index (χ3v) is 6.01. The monoisotopic (exact) mass is 442 g/mol. The van der Waals surface area contributed by atoms with Gasteiger partial charge in [-0.2, -0.15) is 0 Å². The molecule has 9 heteroatoms. The number of hydrogen-bond acceptors (Lipinski definition) is 7. The van der Waals surface area contributed by atoms with Gasteiger partial charge in [-0.3, -0.25) is 0 Å². The predicted octanol–water partition coefficient (Wildman–Crippen LogP) is 2.86. The highest BCUT2D eigenvalue weighted by Gasteiger charge is 2.24. The number of aromatic nitrogens is 2. The minimum atomic E-state index is -3.58. The van der Waals surface area contributed by atoms with E-state index in [1.54, 1.807) is 24.3 Å². The number of esters is 1. The molecule has 0 aliphatic heterocycles. The molecule has 0 aliphatic carbocycles. The van der Waals surface area contributed by atoms with E-state index in [4.69, 9.17) is 4.74 Å². The van der Waals surface area contributed by atoms with Gasteiger partial charge in [0, 0.05) is 5.39 Å². The molecular weight excluding hydrogens is 416 g/mol. The number of rotatable bonds is 9. The van der Waals surface area contributed by atoms with Crippen LogP contribution in [0.5, 0.6) is 0 Å². The van der Waals surface area contributed by atoms with Gasteiger partial charge in [0.25, 0.3) is 0 Å². The third-order valence-electron chi connectivity index (χ3n) is 4.71. The smallest absolute Gasteiger partial charge is 0.328 e. The Morgan fingerprint density at radius 3 is 2.39 bits per heavy atom. The van der Waals surface area contributed by atoms with E-state index < -0.39 is 22.0 Å². The minimum Gasteiger partial charge on any atom is -0.467 e. The number of anilines is 1. The Labute approximate surface area is 182 Å². The fourth-order valence-corrected chi connectivity index (χ4v) is 4.19. The summed E-state index contributed by atoms with van der Waals surface area (Å²) in [6.45, 7) is 3.73. The van der Waals surface area contributed by atoms with Gasteiger partial charge in [0.15, 0.2) is 0 Å². The average molecular weight is 443 g/mol. The molecule has 8 nitrogen and oxygen atoms in total.